The highest BCUT2D eigenvalue weighted by molar-refractivity contribution is 5.58. The van der Waals surface area contributed by atoms with Gasteiger partial charge in [0.05, 0.1) is 12.1 Å². The van der Waals surface area contributed by atoms with Crippen LogP contribution in [0.1, 0.15) is 43.4 Å². The van der Waals surface area contributed by atoms with Gasteiger partial charge in [-0.05, 0) is 44.2 Å². The molecule has 2 atom stereocenters. The lowest BCUT2D eigenvalue weighted by molar-refractivity contribution is 0.116. The van der Waals surface area contributed by atoms with E-state index in [0.29, 0.717) is 5.82 Å². The number of hydrogen-bond acceptors (Lipinski definition) is 5. The summed E-state index contributed by atoms with van der Waals surface area (Å²) in [6, 6.07) is 5.89. The van der Waals surface area contributed by atoms with Gasteiger partial charge in [0.1, 0.15) is 11.5 Å². The first kappa shape index (κ1) is 14.6. The number of nitrogens with zero attached hydrogens (tertiary/aromatic N) is 3. The lowest BCUT2D eigenvalue weighted by Crippen LogP contribution is -2.37. The maximum absolute atomic E-state index is 10.2. The summed E-state index contributed by atoms with van der Waals surface area (Å²) >= 11 is 0. The molecule has 2 aromatic heterocycles. The fourth-order valence-electron chi connectivity index (χ4n) is 3.62. The van der Waals surface area contributed by atoms with Crippen LogP contribution in [-0.4, -0.2) is 32.2 Å². The highest BCUT2D eigenvalue weighted by atomic mass is 16.3. The summed E-state index contributed by atoms with van der Waals surface area (Å²) < 4.78 is 0. The molecule has 2 N–H and O–H groups in total. The zero-order valence-electron chi connectivity index (χ0n) is 13.2. The van der Waals surface area contributed by atoms with Crippen LogP contribution in [0.4, 0.5) is 5.82 Å². The molecule has 0 spiro atoms. The zero-order chi connectivity index (χ0) is 15.6. The van der Waals surface area contributed by atoms with Gasteiger partial charge in [0.25, 0.3) is 0 Å². The van der Waals surface area contributed by atoms with Crippen LogP contribution in [0.2, 0.25) is 0 Å². The molecule has 0 saturated heterocycles. The molecule has 23 heavy (non-hydrogen) atoms. The molecule has 5 heteroatoms. The van der Waals surface area contributed by atoms with Crippen LogP contribution < -0.4 is 5.32 Å². The third-order valence-corrected chi connectivity index (χ3v) is 4.88. The van der Waals surface area contributed by atoms with E-state index in [4.69, 9.17) is 9.97 Å². The predicted octanol–water partition coefficient (Wildman–Crippen LogP) is 2.74. The van der Waals surface area contributed by atoms with Crippen molar-refractivity contribution in [2.75, 3.05) is 5.32 Å². The SMILES string of the molecule is O[C@H]1CCCC[C@@H]1Nc1nc(-c2ccccn2)nc2c1CCC2. The van der Waals surface area contributed by atoms with Gasteiger partial charge >= 0.3 is 0 Å². The molecule has 0 aliphatic heterocycles. The van der Waals surface area contributed by atoms with Gasteiger partial charge in [0, 0.05) is 17.5 Å². The van der Waals surface area contributed by atoms with Crippen molar-refractivity contribution < 1.29 is 5.11 Å². The molecule has 0 radical (unpaired) electrons. The number of nitrogens with one attached hydrogen (secondary N) is 1. The number of aromatic nitrogens is 3. The second-order valence-electron chi connectivity index (χ2n) is 6.49. The predicted molar refractivity (Wildman–Crippen MR) is 89.2 cm³/mol. The van der Waals surface area contributed by atoms with Gasteiger partial charge in [-0.15, -0.1) is 0 Å². The van der Waals surface area contributed by atoms with E-state index < -0.39 is 0 Å². The molecule has 1 fully saturated rings. The van der Waals surface area contributed by atoms with Crippen LogP contribution in [0.5, 0.6) is 0 Å². The monoisotopic (exact) mass is 310 g/mol. The molecular formula is C18H22N4O. The van der Waals surface area contributed by atoms with Crippen molar-refractivity contribution in [1.82, 2.24) is 15.0 Å². The van der Waals surface area contributed by atoms with E-state index in [1.54, 1.807) is 6.20 Å². The van der Waals surface area contributed by atoms with Gasteiger partial charge in [0.2, 0.25) is 0 Å². The van der Waals surface area contributed by atoms with E-state index in [9.17, 15) is 5.11 Å². The Morgan fingerprint density at radius 1 is 1.04 bits per heavy atom. The van der Waals surface area contributed by atoms with E-state index in [-0.39, 0.29) is 12.1 Å². The number of rotatable bonds is 3. The first-order valence-corrected chi connectivity index (χ1v) is 8.57. The average Bonchev–Trinajstić information content (AvgIpc) is 3.06. The van der Waals surface area contributed by atoms with E-state index in [1.807, 2.05) is 18.2 Å². The summed E-state index contributed by atoms with van der Waals surface area (Å²) in [4.78, 5) is 13.8. The third-order valence-electron chi connectivity index (χ3n) is 4.88. The third kappa shape index (κ3) is 2.93. The van der Waals surface area contributed by atoms with Crippen LogP contribution >= 0.6 is 0 Å². The van der Waals surface area contributed by atoms with Gasteiger partial charge in [0.15, 0.2) is 5.82 Å². The van der Waals surface area contributed by atoms with E-state index >= 15 is 0 Å². The van der Waals surface area contributed by atoms with Crippen molar-refractivity contribution in [3.8, 4) is 11.5 Å². The molecule has 2 heterocycles. The number of pyridine rings is 1. The molecular weight excluding hydrogens is 288 g/mol. The fourth-order valence-corrected chi connectivity index (χ4v) is 3.62. The number of anilines is 1. The lowest BCUT2D eigenvalue weighted by Gasteiger charge is -2.29. The van der Waals surface area contributed by atoms with Crippen LogP contribution in [0.25, 0.3) is 11.5 Å². The number of hydrogen-bond donors (Lipinski definition) is 2. The molecule has 2 aliphatic rings. The van der Waals surface area contributed by atoms with Gasteiger partial charge in [-0.3, -0.25) is 4.98 Å². The normalized spacial score (nSPS) is 23.5. The summed E-state index contributed by atoms with van der Waals surface area (Å²) in [6.07, 6.45) is 8.77. The lowest BCUT2D eigenvalue weighted by atomic mass is 9.92. The summed E-state index contributed by atoms with van der Waals surface area (Å²) in [6.45, 7) is 0. The number of aliphatic hydroxyl groups excluding tert-OH is 1. The minimum Gasteiger partial charge on any atom is -0.391 e. The number of aryl methyl sites for hydroxylation is 1. The Morgan fingerprint density at radius 2 is 1.96 bits per heavy atom. The first-order valence-electron chi connectivity index (χ1n) is 8.57. The Balaban J connectivity index is 1.69. The first-order chi connectivity index (χ1) is 11.3. The maximum atomic E-state index is 10.2. The van der Waals surface area contributed by atoms with Crippen molar-refractivity contribution in [1.29, 1.82) is 0 Å². The summed E-state index contributed by atoms with van der Waals surface area (Å²) in [5.74, 6) is 1.58. The molecule has 0 aromatic carbocycles. The summed E-state index contributed by atoms with van der Waals surface area (Å²) in [7, 11) is 0. The van der Waals surface area contributed by atoms with Crippen molar-refractivity contribution >= 4 is 5.82 Å². The Labute approximate surface area is 136 Å². The van der Waals surface area contributed by atoms with E-state index in [2.05, 4.69) is 10.3 Å². The molecule has 120 valence electrons. The van der Waals surface area contributed by atoms with Crippen LogP contribution in [0, 0.1) is 0 Å². The molecule has 5 nitrogen and oxygen atoms in total. The van der Waals surface area contributed by atoms with Crippen molar-refractivity contribution in [2.24, 2.45) is 0 Å². The van der Waals surface area contributed by atoms with Crippen LogP contribution in [0.15, 0.2) is 24.4 Å². The van der Waals surface area contributed by atoms with Crippen molar-refractivity contribution in [3.63, 3.8) is 0 Å². The smallest absolute Gasteiger partial charge is 0.180 e. The topological polar surface area (TPSA) is 70.9 Å². The highest BCUT2D eigenvalue weighted by Gasteiger charge is 2.26. The van der Waals surface area contributed by atoms with Crippen LogP contribution in [0.3, 0.4) is 0 Å². The highest BCUT2D eigenvalue weighted by Crippen LogP contribution is 2.31. The Hall–Kier alpha value is -2.01. The Kier molecular flexibility index (Phi) is 3.95. The molecule has 0 unspecified atom stereocenters. The Morgan fingerprint density at radius 3 is 2.78 bits per heavy atom. The van der Waals surface area contributed by atoms with Gasteiger partial charge in [-0.2, -0.15) is 0 Å². The molecule has 4 rings (SSSR count). The van der Waals surface area contributed by atoms with Gasteiger partial charge in [-0.1, -0.05) is 18.9 Å². The average molecular weight is 310 g/mol. The van der Waals surface area contributed by atoms with Crippen molar-refractivity contribution in [3.05, 3.63) is 35.7 Å². The fraction of sp³-hybridized carbons (Fsp3) is 0.500. The molecule has 1 saturated carbocycles. The summed E-state index contributed by atoms with van der Waals surface area (Å²) in [5, 5.41) is 13.8. The minimum atomic E-state index is -0.283. The minimum absolute atomic E-state index is 0.0972. The standard InChI is InChI=1S/C18H22N4O/c23-16-10-2-1-7-14(16)21-17-12-6-5-9-13(12)20-18(22-17)15-8-3-4-11-19-15/h3-4,8,11,14,16,23H,1-2,5-7,9-10H2,(H,20,21,22)/t14-,16-/m0/s1. The molecule has 2 aliphatic carbocycles. The zero-order valence-corrected chi connectivity index (χ0v) is 13.2. The molecule has 0 amide bonds. The van der Waals surface area contributed by atoms with Crippen LogP contribution in [-0.2, 0) is 12.8 Å². The second-order valence-corrected chi connectivity index (χ2v) is 6.49. The maximum Gasteiger partial charge on any atom is 0.180 e. The molecule has 2 aromatic rings. The van der Waals surface area contributed by atoms with Crippen molar-refractivity contribution in [2.45, 2.75) is 57.1 Å². The van der Waals surface area contributed by atoms with E-state index in [1.165, 1.54) is 5.56 Å². The van der Waals surface area contributed by atoms with E-state index in [0.717, 1.165) is 62.2 Å². The van der Waals surface area contributed by atoms with Gasteiger partial charge in [-0.25, -0.2) is 9.97 Å². The Bertz CT molecular complexity index is 689. The quantitative estimate of drug-likeness (QED) is 0.912. The second kappa shape index (κ2) is 6.24. The van der Waals surface area contributed by atoms with Gasteiger partial charge < -0.3 is 10.4 Å². The number of aliphatic hydroxyl groups is 1. The summed E-state index contributed by atoms with van der Waals surface area (Å²) in [5.41, 5.74) is 3.16. The molecule has 0 bridgehead atoms. The number of fused-ring (bicyclic) bond motifs is 1. The largest absolute Gasteiger partial charge is 0.391 e.